The third-order valence-corrected chi connectivity index (χ3v) is 5.79. The van der Waals surface area contributed by atoms with Crippen molar-refractivity contribution < 1.29 is 36.8 Å². The largest absolute Gasteiger partial charge is 0.490 e. The number of halogens is 3. The number of rotatable bonds is 5. The van der Waals surface area contributed by atoms with E-state index in [9.17, 15) is 22.8 Å². The molecular formula is C21H22F3N3O5. The van der Waals surface area contributed by atoms with Crippen LogP contribution in [0, 0.1) is 11.8 Å². The number of alkyl halides is 3. The number of carbonyl (C=O) groups is 2. The van der Waals surface area contributed by atoms with Gasteiger partial charge in [-0.3, -0.25) is 4.79 Å². The van der Waals surface area contributed by atoms with Gasteiger partial charge in [-0.25, -0.2) is 4.79 Å². The lowest BCUT2D eigenvalue weighted by Gasteiger charge is -2.20. The summed E-state index contributed by atoms with van der Waals surface area (Å²) < 4.78 is 54.7. The minimum atomic E-state index is -4.41. The van der Waals surface area contributed by atoms with Gasteiger partial charge in [-0.15, -0.1) is 0 Å². The second-order valence-electron chi connectivity index (χ2n) is 7.97. The fraction of sp³-hybridized carbons (Fsp3) is 0.476. The first-order valence-corrected chi connectivity index (χ1v) is 10.2. The van der Waals surface area contributed by atoms with Crippen LogP contribution in [0.3, 0.4) is 0 Å². The van der Waals surface area contributed by atoms with Gasteiger partial charge in [0.25, 0.3) is 5.91 Å². The molecule has 2 aromatic rings. The summed E-state index contributed by atoms with van der Waals surface area (Å²) in [6.07, 6.45) is -3.79. The molecule has 8 nitrogen and oxygen atoms in total. The summed E-state index contributed by atoms with van der Waals surface area (Å²) in [7, 11) is 1.47. The van der Waals surface area contributed by atoms with Gasteiger partial charge in [-0.2, -0.15) is 13.2 Å². The average Bonchev–Trinajstić information content (AvgIpc) is 3.46. The molecule has 1 saturated heterocycles. The molecule has 1 aliphatic carbocycles. The van der Waals surface area contributed by atoms with Crippen LogP contribution in [0.15, 0.2) is 34.9 Å². The van der Waals surface area contributed by atoms with Crippen LogP contribution in [0.25, 0.3) is 0 Å². The first kappa shape index (κ1) is 22.0. The number of aromatic nitrogens is 1. The average molecular weight is 453 g/mol. The third-order valence-electron chi connectivity index (χ3n) is 5.79. The minimum absolute atomic E-state index is 0.0982. The highest BCUT2D eigenvalue weighted by atomic mass is 19.4. The molecule has 11 heteroatoms. The summed E-state index contributed by atoms with van der Waals surface area (Å²) >= 11 is 0. The Morgan fingerprint density at radius 3 is 2.59 bits per heavy atom. The molecule has 4 rings (SSSR count). The van der Waals surface area contributed by atoms with Crippen molar-refractivity contribution in [2.45, 2.75) is 31.7 Å². The van der Waals surface area contributed by atoms with Crippen LogP contribution in [0.2, 0.25) is 0 Å². The molecule has 1 aromatic heterocycles. The lowest BCUT2D eigenvalue weighted by molar-refractivity contribution is -0.137. The van der Waals surface area contributed by atoms with E-state index in [4.69, 9.17) is 14.0 Å². The summed E-state index contributed by atoms with van der Waals surface area (Å²) in [4.78, 5) is 25.5. The number of amides is 2. The molecule has 1 aliphatic heterocycles. The second-order valence-corrected chi connectivity index (χ2v) is 7.97. The fourth-order valence-electron chi connectivity index (χ4n) is 4.27. The highest BCUT2D eigenvalue weighted by Gasteiger charge is 2.44. The summed E-state index contributed by atoms with van der Waals surface area (Å²) in [5, 5.41) is 6.02. The monoisotopic (exact) mass is 453 g/mol. The molecular weight excluding hydrogens is 431 g/mol. The quantitative estimate of drug-likeness (QED) is 0.745. The Labute approximate surface area is 181 Å². The number of hydrogen-bond acceptors (Lipinski definition) is 6. The summed E-state index contributed by atoms with van der Waals surface area (Å²) in [5.41, 5.74) is -0.641. The standard InChI is InChI=1S/C21H22F3N3O5/c1-25-19(28)18-8-17(32-26-18)11-30-20(29)27-9-12-5-16(6-13(12)10-27)31-15-4-2-3-14(7-15)21(22,23)24/h2-4,7-8,12-13,16H,5-6,9-11H2,1H3,(H,25,28)/t12-,13+,16?. The van der Waals surface area contributed by atoms with Gasteiger partial charge in [0.1, 0.15) is 5.75 Å². The highest BCUT2D eigenvalue weighted by Crippen LogP contribution is 2.40. The zero-order valence-corrected chi connectivity index (χ0v) is 17.2. The SMILES string of the molecule is CNC(=O)c1cc(COC(=O)N2C[C@H]3CC(Oc4cccc(C(F)(F)F)c4)C[C@H]3C2)on1. The van der Waals surface area contributed by atoms with Crippen LogP contribution in [-0.4, -0.2) is 48.3 Å². The van der Waals surface area contributed by atoms with Gasteiger partial charge in [0.15, 0.2) is 18.1 Å². The zero-order chi connectivity index (χ0) is 22.9. The first-order valence-electron chi connectivity index (χ1n) is 10.2. The van der Waals surface area contributed by atoms with Crippen molar-refractivity contribution in [3.8, 4) is 5.75 Å². The fourth-order valence-corrected chi connectivity index (χ4v) is 4.27. The van der Waals surface area contributed by atoms with E-state index in [1.54, 1.807) is 4.90 Å². The molecule has 2 amide bonds. The number of carbonyl (C=O) groups excluding carboxylic acids is 2. The summed E-state index contributed by atoms with van der Waals surface area (Å²) in [5.74, 6) is 0.447. The van der Waals surface area contributed by atoms with E-state index in [1.807, 2.05) is 0 Å². The molecule has 0 radical (unpaired) electrons. The van der Waals surface area contributed by atoms with Gasteiger partial charge >= 0.3 is 12.3 Å². The maximum atomic E-state index is 12.9. The Balaban J connectivity index is 1.25. The van der Waals surface area contributed by atoms with Crippen LogP contribution in [0.4, 0.5) is 18.0 Å². The van der Waals surface area contributed by atoms with E-state index in [0.29, 0.717) is 25.9 Å². The predicted molar refractivity (Wildman–Crippen MR) is 104 cm³/mol. The van der Waals surface area contributed by atoms with E-state index in [-0.39, 0.29) is 41.8 Å². The van der Waals surface area contributed by atoms with Crippen molar-refractivity contribution in [2.24, 2.45) is 11.8 Å². The molecule has 2 aliphatic rings. The van der Waals surface area contributed by atoms with E-state index in [1.165, 1.54) is 25.2 Å². The Kier molecular flexibility index (Phi) is 5.98. The van der Waals surface area contributed by atoms with E-state index in [0.717, 1.165) is 12.1 Å². The maximum absolute atomic E-state index is 12.9. The Hall–Kier alpha value is -3.24. The van der Waals surface area contributed by atoms with E-state index < -0.39 is 23.7 Å². The topological polar surface area (TPSA) is 93.9 Å². The van der Waals surface area contributed by atoms with Gasteiger partial charge in [0.2, 0.25) is 0 Å². The predicted octanol–water partition coefficient (Wildman–Crippen LogP) is 3.48. The summed E-state index contributed by atoms with van der Waals surface area (Å²) in [6, 6.07) is 6.28. The lowest BCUT2D eigenvalue weighted by Crippen LogP contribution is -2.31. The van der Waals surface area contributed by atoms with Crippen LogP contribution >= 0.6 is 0 Å². The molecule has 0 bridgehead atoms. The Morgan fingerprint density at radius 1 is 1.22 bits per heavy atom. The maximum Gasteiger partial charge on any atom is 0.416 e. The van der Waals surface area contributed by atoms with E-state index >= 15 is 0 Å². The molecule has 2 fully saturated rings. The number of hydrogen-bond donors (Lipinski definition) is 1. The van der Waals surface area contributed by atoms with Gasteiger partial charge in [-0.1, -0.05) is 11.2 Å². The van der Waals surface area contributed by atoms with Gasteiger partial charge < -0.3 is 24.2 Å². The first-order chi connectivity index (χ1) is 15.2. The van der Waals surface area contributed by atoms with Gasteiger partial charge in [-0.05, 0) is 42.9 Å². The van der Waals surface area contributed by atoms with Gasteiger partial charge in [0, 0.05) is 26.2 Å². The zero-order valence-electron chi connectivity index (χ0n) is 17.2. The third kappa shape index (κ3) is 4.81. The Bertz CT molecular complexity index is 979. The number of nitrogens with one attached hydrogen (secondary N) is 1. The van der Waals surface area contributed by atoms with Crippen LogP contribution in [0.1, 0.15) is 34.7 Å². The van der Waals surface area contributed by atoms with Crippen molar-refractivity contribution in [2.75, 3.05) is 20.1 Å². The van der Waals surface area contributed by atoms with Crippen LogP contribution in [0.5, 0.6) is 5.75 Å². The van der Waals surface area contributed by atoms with Crippen molar-refractivity contribution >= 4 is 12.0 Å². The number of nitrogens with zero attached hydrogens (tertiary/aromatic N) is 2. The van der Waals surface area contributed by atoms with Crippen LogP contribution in [-0.2, 0) is 17.5 Å². The molecule has 0 spiro atoms. The Morgan fingerprint density at radius 2 is 1.94 bits per heavy atom. The molecule has 1 saturated carbocycles. The molecule has 1 N–H and O–H groups in total. The second kappa shape index (κ2) is 8.71. The van der Waals surface area contributed by atoms with Crippen molar-refractivity contribution in [3.63, 3.8) is 0 Å². The number of likely N-dealkylation sites (tertiary alicyclic amines) is 1. The minimum Gasteiger partial charge on any atom is -0.490 e. The molecule has 2 heterocycles. The smallest absolute Gasteiger partial charge is 0.416 e. The number of fused-ring (bicyclic) bond motifs is 1. The molecule has 1 aromatic carbocycles. The molecule has 1 unspecified atom stereocenters. The van der Waals surface area contributed by atoms with Crippen molar-refractivity contribution in [3.05, 3.63) is 47.3 Å². The summed E-state index contributed by atoms with van der Waals surface area (Å²) in [6.45, 7) is 0.841. The number of ether oxygens (including phenoxy) is 2. The highest BCUT2D eigenvalue weighted by molar-refractivity contribution is 5.91. The van der Waals surface area contributed by atoms with Crippen molar-refractivity contribution in [1.29, 1.82) is 0 Å². The van der Waals surface area contributed by atoms with Crippen molar-refractivity contribution in [1.82, 2.24) is 15.4 Å². The lowest BCUT2D eigenvalue weighted by atomic mass is 10.0. The molecule has 172 valence electrons. The molecule has 3 atom stereocenters. The normalized spacial score (nSPS) is 22.5. The number of benzene rings is 1. The molecule has 32 heavy (non-hydrogen) atoms. The van der Waals surface area contributed by atoms with Gasteiger partial charge in [0.05, 0.1) is 11.7 Å². The van der Waals surface area contributed by atoms with E-state index in [2.05, 4.69) is 10.5 Å². The van der Waals surface area contributed by atoms with Crippen LogP contribution < -0.4 is 10.1 Å².